The van der Waals surface area contributed by atoms with Gasteiger partial charge < -0.3 is 23.7 Å². The van der Waals surface area contributed by atoms with E-state index in [2.05, 4.69) is 58.1 Å². The van der Waals surface area contributed by atoms with E-state index in [9.17, 15) is 5.11 Å². The van der Waals surface area contributed by atoms with Crippen LogP contribution in [0.1, 0.15) is 38.3 Å². The van der Waals surface area contributed by atoms with E-state index in [4.69, 9.17) is 18.6 Å². The fourth-order valence-corrected chi connectivity index (χ4v) is 5.08. The van der Waals surface area contributed by atoms with Gasteiger partial charge in [-0.25, -0.2) is 0 Å². The quantitative estimate of drug-likeness (QED) is 0.474. The summed E-state index contributed by atoms with van der Waals surface area (Å²) in [7, 11) is -2.13. The Morgan fingerprint density at radius 2 is 1.42 bits per heavy atom. The zero-order valence-electron chi connectivity index (χ0n) is 20.7. The molecule has 4 atom stereocenters. The lowest BCUT2D eigenvalue weighted by Crippen LogP contribution is -2.60. The van der Waals surface area contributed by atoms with E-state index in [1.54, 1.807) is 0 Å². The highest BCUT2D eigenvalue weighted by molar-refractivity contribution is 6.74. The van der Waals surface area contributed by atoms with Gasteiger partial charge in [-0.15, -0.1) is 0 Å². The Labute approximate surface area is 200 Å². The molecule has 0 radical (unpaired) electrons. The topological polar surface area (TPSA) is 57.2 Å². The van der Waals surface area contributed by atoms with Crippen LogP contribution in [0.3, 0.4) is 0 Å². The highest BCUT2D eigenvalue weighted by Crippen LogP contribution is 2.40. The average Bonchev–Trinajstić information content (AvgIpc) is 2.79. The lowest BCUT2D eigenvalue weighted by molar-refractivity contribution is -0.220. The molecular weight excluding hydrogens is 432 g/mol. The summed E-state index contributed by atoms with van der Waals surface area (Å²) in [5.41, 5.74) is 2.22. The largest absolute Gasteiger partial charge is 0.409 e. The first-order valence-electron chi connectivity index (χ1n) is 11.9. The van der Waals surface area contributed by atoms with Crippen LogP contribution in [-0.4, -0.2) is 51.1 Å². The SMILES string of the molecule is CC(C)(C)[Si](C)(C)O[C@H]1[C@H](OCc2ccccc2)[C@H](OCc2ccccc2)CO[C@@H]1CCO. The van der Waals surface area contributed by atoms with Gasteiger partial charge in [0.15, 0.2) is 8.32 Å². The number of benzene rings is 2. The maximum Gasteiger partial charge on any atom is 0.192 e. The van der Waals surface area contributed by atoms with Crippen LogP contribution in [0.15, 0.2) is 60.7 Å². The van der Waals surface area contributed by atoms with Crippen LogP contribution in [0.5, 0.6) is 0 Å². The Bertz CT molecular complexity index is 821. The van der Waals surface area contributed by atoms with E-state index in [0.717, 1.165) is 11.1 Å². The average molecular weight is 473 g/mol. The molecule has 5 nitrogen and oxygen atoms in total. The molecule has 0 unspecified atom stereocenters. The number of hydrogen-bond donors (Lipinski definition) is 1. The van der Waals surface area contributed by atoms with E-state index in [1.165, 1.54) is 0 Å². The van der Waals surface area contributed by atoms with Gasteiger partial charge in [0.25, 0.3) is 0 Å². The number of aliphatic hydroxyl groups excluding tert-OH is 1. The summed E-state index contributed by atoms with van der Waals surface area (Å²) in [5, 5.41) is 9.75. The summed E-state index contributed by atoms with van der Waals surface area (Å²) in [4.78, 5) is 0. The van der Waals surface area contributed by atoms with Crippen LogP contribution >= 0.6 is 0 Å². The zero-order chi connectivity index (χ0) is 23.9. The molecule has 3 rings (SSSR count). The van der Waals surface area contributed by atoms with Crippen molar-refractivity contribution in [1.82, 2.24) is 0 Å². The Morgan fingerprint density at radius 3 is 1.94 bits per heavy atom. The summed E-state index contributed by atoms with van der Waals surface area (Å²) in [6, 6.07) is 20.3. The Morgan fingerprint density at radius 1 is 0.879 bits per heavy atom. The van der Waals surface area contributed by atoms with Gasteiger partial charge >= 0.3 is 0 Å². The van der Waals surface area contributed by atoms with Gasteiger partial charge in [0, 0.05) is 6.61 Å². The van der Waals surface area contributed by atoms with E-state index in [1.807, 2.05) is 36.4 Å². The predicted molar refractivity (Wildman–Crippen MR) is 134 cm³/mol. The van der Waals surface area contributed by atoms with E-state index >= 15 is 0 Å². The molecule has 0 aliphatic carbocycles. The minimum Gasteiger partial charge on any atom is -0.409 e. The second-order valence-corrected chi connectivity index (χ2v) is 15.1. The van der Waals surface area contributed by atoms with Crippen LogP contribution < -0.4 is 0 Å². The Hall–Kier alpha value is -1.54. The van der Waals surface area contributed by atoms with Gasteiger partial charge in [0.05, 0.1) is 25.9 Å². The maximum atomic E-state index is 9.71. The summed E-state index contributed by atoms with van der Waals surface area (Å²) >= 11 is 0. The molecule has 1 saturated heterocycles. The molecule has 1 heterocycles. The molecule has 0 bridgehead atoms. The molecule has 1 fully saturated rings. The van der Waals surface area contributed by atoms with Crippen LogP contribution in [0.2, 0.25) is 18.1 Å². The highest BCUT2D eigenvalue weighted by atomic mass is 28.4. The fraction of sp³-hybridized carbons (Fsp3) is 0.556. The monoisotopic (exact) mass is 472 g/mol. The second kappa shape index (κ2) is 11.7. The zero-order valence-corrected chi connectivity index (χ0v) is 21.7. The number of ether oxygens (including phenoxy) is 3. The first kappa shape index (κ1) is 26.1. The molecule has 33 heavy (non-hydrogen) atoms. The molecule has 0 aromatic heterocycles. The van der Waals surface area contributed by atoms with Gasteiger partial charge in [-0.1, -0.05) is 81.4 Å². The third-order valence-electron chi connectivity index (χ3n) is 6.77. The van der Waals surface area contributed by atoms with Gasteiger partial charge in [0.1, 0.15) is 18.3 Å². The lowest BCUT2D eigenvalue weighted by Gasteiger charge is -2.47. The molecule has 0 saturated carbocycles. The van der Waals surface area contributed by atoms with Gasteiger partial charge in [0.2, 0.25) is 0 Å². The summed E-state index contributed by atoms with van der Waals surface area (Å²) < 4.78 is 26.0. The summed E-state index contributed by atoms with van der Waals surface area (Å²) in [6.45, 7) is 12.6. The van der Waals surface area contributed by atoms with Crippen LogP contribution in [0.4, 0.5) is 0 Å². The molecule has 1 N–H and O–H groups in total. The van der Waals surface area contributed by atoms with Gasteiger partial charge in [-0.05, 0) is 35.7 Å². The maximum absolute atomic E-state index is 9.71. The van der Waals surface area contributed by atoms with Gasteiger partial charge in [-0.2, -0.15) is 0 Å². The molecule has 0 amide bonds. The molecule has 182 valence electrons. The minimum absolute atomic E-state index is 0.0403. The normalized spacial score (nSPS) is 24.1. The molecule has 2 aromatic rings. The second-order valence-electron chi connectivity index (χ2n) is 10.3. The standard InChI is InChI=1S/C27H40O5Si/c1-27(2,3)33(4,5)32-26-23(16-17-28)30-20-24(29-18-21-12-8-6-9-13-21)25(26)31-19-22-14-10-7-11-15-22/h6-15,23-26,28H,16-20H2,1-5H3/t23-,24-,25-,26-/m1/s1. The van der Waals surface area contributed by atoms with Crippen molar-refractivity contribution < 1.29 is 23.7 Å². The number of aliphatic hydroxyl groups is 1. The van der Waals surface area contributed by atoms with Gasteiger partial charge in [-0.3, -0.25) is 0 Å². The van der Waals surface area contributed by atoms with Crippen molar-refractivity contribution in [2.24, 2.45) is 0 Å². The minimum atomic E-state index is -2.13. The molecule has 2 aromatic carbocycles. The first-order chi connectivity index (χ1) is 15.7. The van der Waals surface area contributed by atoms with E-state index < -0.39 is 8.32 Å². The van der Waals surface area contributed by atoms with Crippen LogP contribution in [0, 0.1) is 0 Å². The highest BCUT2D eigenvalue weighted by Gasteiger charge is 2.48. The summed E-state index contributed by atoms with van der Waals surface area (Å²) in [6.07, 6.45) is -0.597. The van der Waals surface area contributed by atoms with Crippen LogP contribution in [-0.2, 0) is 31.9 Å². The van der Waals surface area contributed by atoms with Crippen molar-refractivity contribution in [2.75, 3.05) is 13.2 Å². The van der Waals surface area contributed by atoms with Crippen molar-refractivity contribution in [2.45, 2.75) is 83.0 Å². The fourth-order valence-electron chi connectivity index (χ4n) is 3.76. The predicted octanol–water partition coefficient (Wildman–Crippen LogP) is 5.33. The van der Waals surface area contributed by atoms with Crippen molar-refractivity contribution in [3.8, 4) is 0 Å². The van der Waals surface area contributed by atoms with Crippen molar-refractivity contribution in [3.05, 3.63) is 71.8 Å². The van der Waals surface area contributed by atoms with Crippen molar-refractivity contribution >= 4 is 8.32 Å². The molecule has 1 aliphatic rings. The number of rotatable bonds is 10. The molecular formula is C27H40O5Si. The first-order valence-corrected chi connectivity index (χ1v) is 14.8. The Kier molecular flexibility index (Phi) is 9.27. The molecule has 6 heteroatoms. The Balaban J connectivity index is 1.84. The van der Waals surface area contributed by atoms with Crippen molar-refractivity contribution in [1.29, 1.82) is 0 Å². The molecule has 0 spiro atoms. The summed E-state index contributed by atoms with van der Waals surface area (Å²) in [5.74, 6) is 0. The third-order valence-corrected chi connectivity index (χ3v) is 11.2. The number of hydrogen-bond acceptors (Lipinski definition) is 5. The molecule has 1 aliphatic heterocycles. The smallest absolute Gasteiger partial charge is 0.192 e. The van der Waals surface area contributed by atoms with E-state index in [-0.39, 0.29) is 36.1 Å². The van der Waals surface area contributed by atoms with Crippen LogP contribution in [0.25, 0.3) is 0 Å². The van der Waals surface area contributed by atoms with Crippen molar-refractivity contribution in [3.63, 3.8) is 0 Å². The third kappa shape index (κ3) is 7.22. The van der Waals surface area contributed by atoms with E-state index in [0.29, 0.717) is 26.2 Å². The lowest BCUT2D eigenvalue weighted by atomic mass is 9.97.